The highest BCUT2D eigenvalue weighted by molar-refractivity contribution is 8.44. The number of rotatable bonds is 6. The molecule has 0 amide bonds. The van der Waals surface area contributed by atoms with Crippen molar-refractivity contribution in [1.82, 2.24) is 118 Å². The molecule has 0 aliphatic carbocycles. The lowest BCUT2D eigenvalue weighted by atomic mass is 10.1. The Balaban J connectivity index is 0.000000128. The standard InChI is InChI=1S/3C20H23FN10O9P2S2/c3*21-11-14-10(38-19(11)31-15-12(28-29-31)8(22)1-2-24-15)5-36-41(33,43)39-9-3-7(4-35-42(34,44)40-14)37-18(9)30-6-25-13-16(30)26-20(23)27-17(13)32/h3*1-2,6-7,9-11,14,18-19H,3-5H2,(H2,22,24)(H,33,43)(H,34,44)(H3,23,26,27,32)/t3*7-,9-,10+,11-,14+,18+,19+,41?,42?/m000/s1. The van der Waals surface area contributed by atoms with Gasteiger partial charge in [-0.15, -0.1) is 15.3 Å². The van der Waals surface area contributed by atoms with Crippen LogP contribution in [0.25, 0.3) is 67.0 Å². The molecule has 27 atom stereocenters. The average Bonchev–Trinajstić information content (AvgIpc) is 1.64. The molecule has 12 aromatic heterocycles. The van der Waals surface area contributed by atoms with Crippen molar-refractivity contribution in [2.75, 3.05) is 74.0 Å². The number of thiol groups is 1. The lowest BCUT2D eigenvalue weighted by molar-refractivity contribution is -0.0616. The molecule has 9 aliphatic rings. The molecule has 708 valence electrons. The van der Waals surface area contributed by atoms with Gasteiger partial charge in [0.05, 0.1) is 94.0 Å². The molecular weight excluding hydrogens is 2010 g/mol. The van der Waals surface area contributed by atoms with Crippen molar-refractivity contribution in [3.05, 3.63) is 86.8 Å². The molecule has 6 unspecified atom stereocenters. The Bertz CT molecular complexity index is 6380. The Morgan fingerprint density at radius 3 is 0.962 bits per heavy atom. The van der Waals surface area contributed by atoms with Gasteiger partial charge < -0.3 is 123 Å². The number of fused-ring (bicyclic) bond motifs is 15. The lowest BCUT2D eigenvalue weighted by Gasteiger charge is -2.27. The summed E-state index contributed by atoms with van der Waals surface area (Å²) in [7, 11) is 0. The van der Waals surface area contributed by atoms with Crippen LogP contribution in [0.3, 0.4) is 0 Å². The molecule has 6 bridgehead atoms. The van der Waals surface area contributed by atoms with Gasteiger partial charge in [0, 0.05) is 37.9 Å². The van der Waals surface area contributed by atoms with Gasteiger partial charge in [0.25, 0.3) is 16.7 Å². The molecule has 0 aromatic carbocycles. The summed E-state index contributed by atoms with van der Waals surface area (Å²) in [6.07, 6.45) is -19.3. The third kappa shape index (κ3) is 18.7. The van der Waals surface area contributed by atoms with Crippen LogP contribution >= 0.6 is 52.6 Å². The van der Waals surface area contributed by atoms with E-state index in [-0.39, 0.29) is 141 Å². The third-order valence-corrected chi connectivity index (χ3v) is 30.9. The van der Waals surface area contributed by atoms with Crippen molar-refractivity contribution in [3.8, 4) is 0 Å². The predicted octanol–water partition coefficient (Wildman–Crippen LogP) is 0.514. The number of halogens is 3. The maximum atomic E-state index is 16.0. The van der Waals surface area contributed by atoms with E-state index in [1.807, 2.05) is 0 Å². The zero-order valence-electron chi connectivity index (χ0n) is 66.1. The van der Waals surface area contributed by atoms with Gasteiger partial charge in [0.1, 0.15) is 54.9 Å². The van der Waals surface area contributed by atoms with Gasteiger partial charge in [-0.1, -0.05) is 27.9 Å². The van der Waals surface area contributed by atoms with E-state index in [9.17, 15) is 43.4 Å². The maximum Gasteiger partial charge on any atom is 0.386 e. The number of imidazole rings is 3. The molecule has 12 aromatic rings. The van der Waals surface area contributed by atoms with E-state index in [0.29, 0.717) is 0 Å². The van der Waals surface area contributed by atoms with Gasteiger partial charge >= 0.3 is 40.4 Å². The van der Waals surface area contributed by atoms with Crippen LogP contribution in [-0.2, 0) is 146 Å². The van der Waals surface area contributed by atoms with Crippen LogP contribution in [0.15, 0.2) is 70.2 Å². The number of ether oxygens (including phenoxy) is 6. The maximum absolute atomic E-state index is 16.0. The molecule has 9 saturated heterocycles. The summed E-state index contributed by atoms with van der Waals surface area (Å²) in [5, 5.41) is 23.6. The first kappa shape index (κ1) is 93.2. The SMILES string of the molecule is Nc1nc2c(ncn2[C@@H]2O[C@@H]3COP(=O)(S)O[C@H]4[C@H](F)[C@H](n5nnc6c(N)ccnc65)O[C@@H]4COP(O)(=S)O[C@H]2C3)c(=O)[nH]1.Nc1nc2c(ncn2[C@@H]2O[C@@H]3COP(O)(=S)O[C@H]4[C@H](F)[C@H](n5nnc6c(N)ccnc65)O[C@@H]4COP(O)(=S)O[C@H]2C3)c(=O)[nH]1.Nc1nc2c(ncn2[C@@H]2O[C@@H]3COP(O)(=S)O[C@H]4[C@H](F)[C@H](n5nnc6c(N)ccnc65)O[C@@H]4COP(O)(=S)O[C@H]2C3)c(=O)[nH]1. The third-order valence-electron chi connectivity index (χ3n) is 21.4. The number of nitrogens with zero attached hydrogens (tertiary/aromatic N) is 21. The quantitative estimate of drug-likeness (QED) is 0.0797. The molecule has 21 rings (SSSR count). The number of nitrogens with one attached hydrogen (secondary N) is 3. The van der Waals surface area contributed by atoms with Crippen LogP contribution in [0.4, 0.5) is 48.1 Å². The highest BCUT2D eigenvalue weighted by Crippen LogP contribution is 2.61. The smallest absolute Gasteiger partial charge is 0.386 e. The predicted molar refractivity (Wildman–Crippen MR) is 463 cm³/mol. The second-order valence-electron chi connectivity index (χ2n) is 30.1. The molecule has 72 heteroatoms. The van der Waals surface area contributed by atoms with E-state index in [1.165, 1.54) is 69.5 Å². The minimum atomic E-state index is -4.27. The summed E-state index contributed by atoms with van der Waals surface area (Å²) >= 11 is 30.3. The monoisotopic (exact) mass is 2080 g/mol. The lowest BCUT2D eigenvalue weighted by Crippen LogP contribution is -2.34. The van der Waals surface area contributed by atoms with E-state index in [0.717, 1.165) is 14.0 Å². The van der Waals surface area contributed by atoms with Gasteiger partial charge in [-0.2, -0.15) is 29.0 Å². The second kappa shape index (κ2) is 36.0. The minimum Gasteiger partial charge on any atom is -0.397 e. The number of anilines is 6. The first-order chi connectivity index (χ1) is 62.7. The topological polar surface area (TPSA) is 762 Å². The van der Waals surface area contributed by atoms with Crippen LogP contribution in [0, 0.1) is 0 Å². The highest BCUT2D eigenvalue weighted by atomic mass is 32.7. The first-order valence-electron chi connectivity index (χ1n) is 38.5. The molecule has 0 spiro atoms. The Kier molecular flexibility index (Phi) is 25.4. The van der Waals surface area contributed by atoms with Crippen LogP contribution in [0.5, 0.6) is 0 Å². The van der Waals surface area contributed by atoms with Crippen molar-refractivity contribution in [3.63, 3.8) is 0 Å². The van der Waals surface area contributed by atoms with Gasteiger partial charge in [-0.3, -0.25) is 61.1 Å². The number of hydrogen-bond donors (Lipinski definition) is 15. The fraction of sp³-hybridized carbons (Fsp3) is 0.500. The first-order valence-corrected chi connectivity index (χ1v) is 54.1. The number of alkyl halides is 3. The van der Waals surface area contributed by atoms with Gasteiger partial charge in [-0.25, -0.2) is 47.6 Å². The molecule has 20 N–H and O–H groups in total. The summed E-state index contributed by atoms with van der Waals surface area (Å²) in [5.41, 5.74) is 35.2. The fourth-order valence-electron chi connectivity index (χ4n) is 15.6. The number of nitrogen functional groups attached to an aromatic ring is 6. The molecule has 9 fully saturated rings. The average molecular weight is 2080 g/mol. The largest absolute Gasteiger partial charge is 0.397 e. The number of hydrogen-bond acceptors (Lipinski definition) is 48. The second-order valence-corrected chi connectivity index (χ2v) is 46.9. The van der Waals surface area contributed by atoms with Crippen LogP contribution in [-0.4, -0.2) is 274 Å². The molecule has 57 nitrogen and oxygen atoms in total. The Hall–Kier alpha value is -7.80. The molecule has 21 heterocycles. The fourth-order valence-corrected chi connectivity index (χ4v) is 24.4. The summed E-state index contributed by atoms with van der Waals surface area (Å²) in [4.78, 5) is 136. The zero-order valence-corrected chi connectivity index (χ0v) is 76.4. The minimum absolute atomic E-state index is 0.0209. The zero-order chi connectivity index (χ0) is 92.9. The summed E-state index contributed by atoms with van der Waals surface area (Å²) in [5.74, 6) is -0.493. The van der Waals surface area contributed by atoms with Crippen molar-refractivity contribution in [2.24, 2.45) is 0 Å². The number of aromatic nitrogens is 24. The van der Waals surface area contributed by atoms with Crippen molar-refractivity contribution in [1.29, 1.82) is 0 Å². The number of aromatic amines is 3. The Morgan fingerprint density at radius 1 is 0.371 bits per heavy atom. The Labute approximate surface area is 761 Å². The van der Waals surface area contributed by atoms with E-state index < -0.39 is 206 Å². The van der Waals surface area contributed by atoms with E-state index in [1.54, 1.807) is 0 Å². The molecule has 0 radical (unpaired) electrons. The van der Waals surface area contributed by atoms with Gasteiger partial charge in [-0.05, 0) is 77.2 Å². The molecular formula is C60H69F3N30O27P6S6. The van der Waals surface area contributed by atoms with Crippen LogP contribution in [0.2, 0.25) is 0 Å². The normalized spacial score (nSPS) is 36.6. The molecule has 0 saturated carbocycles. The van der Waals surface area contributed by atoms with Gasteiger partial charge in [0.2, 0.25) is 17.8 Å². The van der Waals surface area contributed by atoms with E-state index >= 15 is 13.2 Å². The van der Waals surface area contributed by atoms with Crippen LogP contribution in [0.1, 0.15) is 56.6 Å². The molecule has 9 aliphatic heterocycles. The summed E-state index contributed by atoms with van der Waals surface area (Å²) in [6, 6.07) is 4.51. The highest BCUT2D eigenvalue weighted by Gasteiger charge is 2.57. The van der Waals surface area contributed by atoms with Crippen molar-refractivity contribution >= 4 is 214 Å². The van der Waals surface area contributed by atoms with E-state index in [2.05, 4.69) is 103 Å². The van der Waals surface area contributed by atoms with Crippen LogP contribution < -0.4 is 51.1 Å². The van der Waals surface area contributed by atoms with Crippen molar-refractivity contribution in [2.45, 2.75) is 148 Å². The van der Waals surface area contributed by atoms with Gasteiger partial charge in [0.15, 0.2) is 123 Å². The van der Waals surface area contributed by atoms with Crippen molar-refractivity contribution < 1.29 is 125 Å². The summed E-state index contributed by atoms with van der Waals surface area (Å²) in [6.45, 7) is -27.4. The number of pyridine rings is 3. The molecule has 132 heavy (non-hydrogen) atoms. The number of nitrogens with two attached hydrogens (primary N) is 6. The Morgan fingerprint density at radius 2 is 0.652 bits per heavy atom. The summed E-state index contributed by atoms with van der Waals surface area (Å²) < 4.78 is 172. The van der Waals surface area contributed by atoms with E-state index in [4.69, 9.17) is 176 Å². The number of H-pyrrole nitrogens is 3.